The molecule has 0 unspecified atom stereocenters. The molecule has 6 nitrogen and oxygen atoms in total. The predicted molar refractivity (Wildman–Crippen MR) is 90.5 cm³/mol. The summed E-state index contributed by atoms with van der Waals surface area (Å²) in [6.07, 6.45) is 0.284. The van der Waals surface area contributed by atoms with Crippen molar-refractivity contribution in [3.8, 4) is 0 Å². The van der Waals surface area contributed by atoms with Crippen LogP contribution in [-0.2, 0) is 9.47 Å². The van der Waals surface area contributed by atoms with Gasteiger partial charge in [0, 0.05) is 13.1 Å². The second-order valence-corrected chi connectivity index (χ2v) is 6.98. The lowest BCUT2D eigenvalue weighted by Crippen LogP contribution is -2.46. The maximum absolute atomic E-state index is 12.0. The average molecular weight is 335 g/mol. The predicted octanol–water partition coefficient (Wildman–Crippen LogP) is 2.71. The number of ether oxygens (including phenoxy) is 2. The van der Waals surface area contributed by atoms with Crippen molar-refractivity contribution < 1.29 is 14.3 Å². The number of hydrogen-bond donors (Lipinski definition) is 0. The molecule has 0 saturated carbocycles. The van der Waals surface area contributed by atoms with E-state index in [0.29, 0.717) is 10.7 Å². The second kappa shape index (κ2) is 6.05. The van der Waals surface area contributed by atoms with E-state index in [1.165, 1.54) is 18.4 Å². The van der Waals surface area contributed by atoms with E-state index in [4.69, 9.17) is 9.47 Å². The topological polar surface area (TPSA) is 64.5 Å². The number of hydrogen-bond acceptors (Lipinski definition) is 7. The molecule has 1 saturated heterocycles. The summed E-state index contributed by atoms with van der Waals surface area (Å²) < 4.78 is 10.7. The van der Waals surface area contributed by atoms with E-state index in [2.05, 4.69) is 28.7 Å². The van der Waals surface area contributed by atoms with E-state index in [-0.39, 0.29) is 18.2 Å². The molecule has 0 N–H and O–H groups in total. The van der Waals surface area contributed by atoms with E-state index < -0.39 is 0 Å². The minimum absolute atomic E-state index is 0.142. The number of nitrogens with zero attached hydrogens (tertiary/aromatic N) is 3. The first kappa shape index (κ1) is 16.1. The number of morpholine rings is 1. The zero-order valence-electron chi connectivity index (χ0n) is 14.0. The van der Waals surface area contributed by atoms with E-state index >= 15 is 0 Å². The maximum Gasteiger partial charge on any atom is 0.348 e. The van der Waals surface area contributed by atoms with Crippen molar-refractivity contribution in [1.82, 2.24) is 9.97 Å². The van der Waals surface area contributed by atoms with Crippen LogP contribution in [0.2, 0.25) is 0 Å². The van der Waals surface area contributed by atoms with Gasteiger partial charge in [0.15, 0.2) is 0 Å². The Hall–Kier alpha value is -1.73. The Morgan fingerprint density at radius 1 is 1.26 bits per heavy atom. The third-order valence-electron chi connectivity index (χ3n) is 3.97. The van der Waals surface area contributed by atoms with Crippen molar-refractivity contribution in [2.45, 2.75) is 39.9 Å². The third kappa shape index (κ3) is 2.90. The molecule has 2 atom stereocenters. The second-order valence-electron chi connectivity index (χ2n) is 5.98. The summed E-state index contributed by atoms with van der Waals surface area (Å²) in [6.45, 7) is 9.49. The average Bonchev–Trinajstić information content (AvgIpc) is 2.81. The lowest BCUT2D eigenvalue weighted by Gasteiger charge is -2.36. The number of thiophene rings is 1. The number of rotatable bonds is 2. The lowest BCUT2D eigenvalue weighted by atomic mass is 10.1. The fraction of sp³-hybridized carbons (Fsp3) is 0.562. The first-order valence-electron chi connectivity index (χ1n) is 7.67. The molecule has 1 fully saturated rings. The van der Waals surface area contributed by atoms with Crippen LogP contribution in [0.5, 0.6) is 0 Å². The molecule has 2 aromatic heterocycles. The van der Waals surface area contributed by atoms with Crippen molar-refractivity contribution in [2.75, 3.05) is 25.1 Å². The van der Waals surface area contributed by atoms with Crippen LogP contribution in [0.3, 0.4) is 0 Å². The SMILES string of the molecule is COC(=O)c1sc2nc(C)nc(N3C[C@@H](C)O[C@H](C)C3)c2c1C. The van der Waals surface area contributed by atoms with Gasteiger partial charge in [0.2, 0.25) is 0 Å². The molecule has 2 aromatic rings. The Bertz CT molecular complexity index is 749. The number of anilines is 1. The van der Waals surface area contributed by atoms with E-state index in [0.717, 1.165) is 34.7 Å². The quantitative estimate of drug-likeness (QED) is 0.786. The number of carbonyl (C=O) groups is 1. The van der Waals surface area contributed by atoms with Gasteiger partial charge in [-0.3, -0.25) is 0 Å². The van der Waals surface area contributed by atoms with Crippen LogP contribution in [0.15, 0.2) is 0 Å². The highest BCUT2D eigenvalue weighted by molar-refractivity contribution is 7.20. The standard InChI is InChI=1S/C16H21N3O3S/c1-8-6-19(7-9(2)22-8)14-12-10(3)13(16(20)21-5)23-15(12)18-11(4)17-14/h8-9H,6-7H2,1-5H3/t8-,9-/m1/s1. The number of fused-ring (bicyclic) bond motifs is 1. The molecule has 3 rings (SSSR count). The number of esters is 1. The molecule has 0 spiro atoms. The molecular formula is C16H21N3O3S. The molecule has 0 bridgehead atoms. The van der Waals surface area contributed by atoms with Gasteiger partial charge >= 0.3 is 5.97 Å². The van der Waals surface area contributed by atoms with Crippen LogP contribution in [-0.4, -0.2) is 48.3 Å². The molecular weight excluding hydrogens is 314 g/mol. The van der Waals surface area contributed by atoms with Gasteiger partial charge < -0.3 is 14.4 Å². The molecule has 0 amide bonds. The lowest BCUT2D eigenvalue weighted by molar-refractivity contribution is -0.00538. The first-order chi connectivity index (χ1) is 10.9. The van der Waals surface area contributed by atoms with Crippen molar-refractivity contribution in [2.24, 2.45) is 0 Å². The Morgan fingerprint density at radius 2 is 1.91 bits per heavy atom. The van der Waals surface area contributed by atoms with Crippen molar-refractivity contribution in [1.29, 1.82) is 0 Å². The van der Waals surface area contributed by atoms with Crippen LogP contribution >= 0.6 is 11.3 Å². The number of aromatic nitrogens is 2. The summed E-state index contributed by atoms with van der Waals surface area (Å²) in [5.74, 6) is 1.27. The summed E-state index contributed by atoms with van der Waals surface area (Å²) in [5, 5.41) is 0.947. The highest BCUT2D eigenvalue weighted by atomic mass is 32.1. The summed E-state index contributed by atoms with van der Waals surface area (Å²) in [6, 6.07) is 0. The van der Waals surface area contributed by atoms with Crippen LogP contribution in [0, 0.1) is 13.8 Å². The monoisotopic (exact) mass is 335 g/mol. The van der Waals surface area contributed by atoms with E-state index in [1.54, 1.807) is 0 Å². The van der Waals surface area contributed by atoms with Crippen LogP contribution in [0.25, 0.3) is 10.2 Å². The Balaban J connectivity index is 2.16. The van der Waals surface area contributed by atoms with Gasteiger partial charge in [-0.05, 0) is 33.3 Å². The molecule has 3 heterocycles. The van der Waals surface area contributed by atoms with Gasteiger partial charge in [-0.2, -0.15) is 0 Å². The zero-order valence-corrected chi connectivity index (χ0v) is 14.9. The molecule has 124 valence electrons. The Morgan fingerprint density at radius 3 is 2.52 bits per heavy atom. The Labute approximate surface area is 139 Å². The maximum atomic E-state index is 12.0. The first-order valence-corrected chi connectivity index (χ1v) is 8.48. The molecule has 23 heavy (non-hydrogen) atoms. The minimum atomic E-state index is -0.321. The number of methoxy groups -OCH3 is 1. The Kier molecular flexibility index (Phi) is 4.25. The third-order valence-corrected chi connectivity index (χ3v) is 5.14. The summed E-state index contributed by atoms with van der Waals surface area (Å²) in [7, 11) is 1.40. The van der Waals surface area contributed by atoms with Gasteiger partial charge in [-0.25, -0.2) is 14.8 Å². The fourth-order valence-electron chi connectivity index (χ4n) is 3.09. The molecule has 0 radical (unpaired) electrons. The minimum Gasteiger partial charge on any atom is -0.465 e. The summed E-state index contributed by atoms with van der Waals surface area (Å²) in [5.41, 5.74) is 0.888. The largest absolute Gasteiger partial charge is 0.465 e. The van der Waals surface area contributed by atoms with E-state index in [9.17, 15) is 4.79 Å². The molecule has 7 heteroatoms. The molecule has 0 aliphatic carbocycles. The smallest absolute Gasteiger partial charge is 0.348 e. The van der Waals surface area contributed by atoms with Gasteiger partial charge in [0.05, 0.1) is 24.7 Å². The normalized spacial score (nSPS) is 21.7. The van der Waals surface area contributed by atoms with Gasteiger partial charge in [0.1, 0.15) is 21.3 Å². The molecule has 1 aliphatic heterocycles. The highest BCUT2D eigenvalue weighted by Crippen LogP contribution is 2.36. The van der Waals surface area contributed by atoms with Gasteiger partial charge in [-0.1, -0.05) is 0 Å². The van der Waals surface area contributed by atoms with Crippen LogP contribution in [0.4, 0.5) is 5.82 Å². The number of aryl methyl sites for hydroxylation is 2. The zero-order chi connectivity index (χ0) is 16.7. The van der Waals surface area contributed by atoms with Crippen molar-refractivity contribution in [3.05, 3.63) is 16.3 Å². The van der Waals surface area contributed by atoms with Crippen LogP contribution < -0.4 is 4.90 Å². The summed E-state index contributed by atoms with van der Waals surface area (Å²) >= 11 is 1.37. The van der Waals surface area contributed by atoms with Gasteiger partial charge in [0.25, 0.3) is 0 Å². The fourth-order valence-corrected chi connectivity index (χ4v) is 4.23. The van der Waals surface area contributed by atoms with Crippen LogP contribution in [0.1, 0.15) is 34.9 Å². The molecule has 1 aliphatic rings. The summed E-state index contributed by atoms with van der Waals surface area (Å²) in [4.78, 5) is 24.8. The van der Waals surface area contributed by atoms with Gasteiger partial charge in [-0.15, -0.1) is 11.3 Å². The van der Waals surface area contributed by atoms with E-state index in [1.807, 2.05) is 13.8 Å². The van der Waals surface area contributed by atoms with Crippen molar-refractivity contribution in [3.63, 3.8) is 0 Å². The van der Waals surface area contributed by atoms with Crippen molar-refractivity contribution >= 4 is 33.3 Å². The highest BCUT2D eigenvalue weighted by Gasteiger charge is 2.28. The number of carbonyl (C=O) groups excluding carboxylic acids is 1. The molecule has 0 aromatic carbocycles.